The van der Waals surface area contributed by atoms with E-state index in [9.17, 15) is 4.79 Å². The minimum atomic E-state index is -0.735. The molecule has 0 aliphatic carbocycles. The summed E-state index contributed by atoms with van der Waals surface area (Å²) in [5.74, 6) is 0. The first-order chi connectivity index (χ1) is 5.43. The number of aldehydes is 1. The van der Waals surface area contributed by atoms with Gasteiger partial charge in [0.25, 0.3) is 0 Å². The largest absolute Gasteiger partial charge is 0.347 e. The Morgan fingerprint density at radius 3 is 2.73 bits per heavy atom. The van der Waals surface area contributed by atoms with Gasteiger partial charge in [-0.25, -0.2) is 4.98 Å². The minimum Gasteiger partial charge on any atom is -0.347 e. The van der Waals surface area contributed by atoms with Gasteiger partial charge in [0.05, 0.1) is 12.0 Å². The zero-order chi connectivity index (χ0) is 9.35. The summed E-state index contributed by atoms with van der Waals surface area (Å²) in [7, 11) is 0. The van der Waals surface area contributed by atoms with Gasteiger partial charge in [0, 0.05) is 5.41 Å². The Morgan fingerprint density at radius 2 is 2.36 bits per heavy atom. The SMILES string of the molecule is [2H]C(=O)c1nc[nH]c1C(C)(C)C. The molecular weight excluding hydrogens is 140 g/mol. The zero-order valence-electron chi connectivity index (χ0n) is 7.93. The van der Waals surface area contributed by atoms with Gasteiger partial charge in [-0.05, 0) is 0 Å². The van der Waals surface area contributed by atoms with Crippen molar-refractivity contribution in [1.29, 1.82) is 0 Å². The Bertz CT molecular complexity index is 298. The summed E-state index contributed by atoms with van der Waals surface area (Å²) in [5.41, 5.74) is 0.785. The summed E-state index contributed by atoms with van der Waals surface area (Å²) >= 11 is 0. The molecule has 0 atom stereocenters. The summed E-state index contributed by atoms with van der Waals surface area (Å²) in [4.78, 5) is 17.4. The number of nitrogens with one attached hydrogen (secondary N) is 1. The van der Waals surface area contributed by atoms with Crippen LogP contribution in [-0.4, -0.2) is 16.2 Å². The molecule has 0 saturated heterocycles. The molecule has 1 heterocycles. The summed E-state index contributed by atoms with van der Waals surface area (Å²) in [6.45, 7) is 5.90. The topological polar surface area (TPSA) is 45.8 Å². The number of nitrogens with zero attached hydrogens (tertiary/aromatic N) is 1. The van der Waals surface area contributed by atoms with Crippen molar-refractivity contribution < 1.29 is 6.17 Å². The fourth-order valence-electron chi connectivity index (χ4n) is 0.943. The van der Waals surface area contributed by atoms with Crippen molar-refractivity contribution in [3.8, 4) is 0 Å². The number of rotatable bonds is 1. The van der Waals surface area contributed by atoms with Crippen molar-refractivity contribution in [1.82, 2.24) is 9.97 Å². The van der Waals surface area contributed by atoms with Crippen LogP contribution in [0.3, 0.4) is 0 Å². The summed E-state index contributed by atoms with van der Waals surface area (Å²) in [5, 5.41) is 0. The monoisotopic (exact) mass is 153 g/mol. The average Bonchev–Trinajstić information content (AvgIpc) is 2.30. The second kappa shape index (κ2) is 2.49. The Labute approximate surface area is 67.3 Å². The minimum absolute atomic E-state index is 0.164. The van der Waals surface area contributed by atoms with Gasteiger partial charge >= 0.3 is 0 Å². The van der Waals surface area contributed by atoms with E-state index in [0.717, 1.165) is 5.69 Å². The summed E-state index contributed by atoms with van der Waals surface area (Å²) < 4.78 is 6.93. The Kier molecular flexibility index (Phi) is 1.49. The Hall–Kier alpha value is -1.12. The number of carbonyl (C=O) groups is 1. The maximum atomic E-state index is 10.8. The lowest BCUT2D eigenvalue weighted by Crippen LogP contribution is -2.14. The fourth-order valence-corrected chi connectivity index (χ4v) is 0.943. The molecule has 0 aliphatic heterocycles. The van der Waals surface area contributed by atoms with E-state index < -0.39 is 6.26 Å². The number of hydrogen-bond acceptors (Lipinski definition) is 2. The normalized spacial score (nSPS) is 12.8. The highest BCUT2D eigenvalue weighted by Gasteiger charge is 2.19. The molecular formula is C8H12N2O. The van der Waals surface area contributed by atoms with E-state index in [0.29, 0.717) is 0 Å². The number of carbonyl (C=O) groups excluding carboxylic acids is 1. The zero-order valence-corrected chi connectivity index (χ0v) is 6.93. The molecule has 0 saturated carbocycles. The van der Waals surface area contributed by atoms with Crippen LogP contribution in [0.5, 0.6) is 0 Å². The molecule has 3 heteroatoms. The molecule has 0 spiro atoms. The first-order valence-electron chi connectivity index (χ1n) is 3.97. The van der Waals surface area contributed by atoms with Crippen molar-refractivity contribution >= 4 is 6.26 Å². The van der Waals surface area contributed by atoms with Crippen LogP contribution in [0.15, 0.2) is 6.33 Å². The van der Waals surface area contributed by atoms with Crippen LogP contribution in [0.4, 0.5) is 0 Å². The molecule has 0 radical (unpaired) electrons. The fraction of sp³-hybridized carbons (Fsp3) is 0.500. The van der Waals surface area contributed by atoms with Gasteiger partial charge < -0.3 is 4.98 Å². The van der Waals surface area contributed by atoms with Crippen LogP contribution in [0.25, 0.3) is 0 Å². The highest BCUT2D eigenvalue weighted by atomic mass is 16.1. The molecule has 0 bridgehead atoms. The second-order valence-corrected chi connectivity index (χ2v) is 3.48. The van der Waals surface area contributed by atoms with Crippen molar-refractivity contribution in [2.75, 3.05) is 0 Å². The summed E-state index contributed by atoms with van der Waals surface area (Å²) in [6, 6.07) is 0. The van der Waals surface area contributed by atoms with Crippen molar-refractivity contribution in [3.05, 3.63) is 17.7 Å². The molecule has 1 aromatic rings. The van der Waals surface area contributed by atoms with Crippen LogP contribution in [0, 0.1) is 0 Å². The first kappa shape index (κ1) is 6.58. The maximum Gasteiger partial charge on any atom is 0.170 e. The second-order valence-electron chi connectivity index (χ2n) is 3.48. The molecule has 3 nitrogen and oxygen atoms in total. The van der Waals surface area contributed by atoms with E-state index in [1.807, 2.05) is 20.8 Å². The van der Waals surface area contributed by atoms with Gasteiger partial charge in [-0.15, -0.1) is 0 Å². The lowest BCUT2D eigenvalue weighted by molar-refractivity contribution is 0.111. The number of aromatic amines is 1. The third kappa shape index (κ3) is 1.48. The number of imidazole rings is 1. The number of hydrogen-bond donors (Lipinski definition) is 1. The van der Waals surface area contributed by atoms with E-state index in [4.69, 9.17) is 1.37 Å². The smallest absolute Gasteiger partial charge is 0.170 e. The standard InChI is InChI=1S/C8H12N2O/c1-8(2,3)7-6(4-11)9-5-10-7/h4-5H,1-3H3,(H,9,10)/i4D. The molecule has 60 valence electrons. The van der Waals surface area contributed by atoms with Crippen LogP contribution in [0.2, 0.25) is 0 Å². The molecule has 1 N–H and O–H groups in total. The lowest BCUT2D eigenvalue weighted by Gasteiger charge is -2.16. The van der Waals surface area contributed by atoms with Gasteiger partial charge in [-0.1, -0.05) is 20.8 Å². The quantitative estimate of drug-likeness (QED) is 0.622. The van der Waals surface area contributed by atoms with Gasteiger partial charge in [0.2, 0.25) is 0 Å². The van der Waals surface area contributed by atoms with Crippen LogP contribution < -0.4 is 0 Å². The van der Waals surface area contributed by atoms with Gasteiger partial charge in [0.1, 0.15) is 7.06 Å². The third-order valence-corrected chi connectivity index (χ3v) is 1.49. The number of aromatic nitrogens is 2. The molecule has 1 aromatic heterocycles. The van der Waals surface area contributed by atoms with Crippen molar-refractivity contribution in [2.24, 2.45) is 0 Å². The lowest BCUT2D eigenvalue weighted by atomic mass is 9.91. The Morgan fingerprint density at radius 1 is 1.73 bits per heavy atom. The van der Waals surface area contributed by atoms with Crippen LogP contribution in [-0.2, 0) is 5.41 Å². The van der Waals surface area contributed by atoms with Gasteiger partial charge in [0.15, 0.2) is 6.26 Å². The van der Waals surface area contributed by atoms with Gasteiger partial charge in [-0.2, -0.15) is 0 Å². The molecule has 0 fully saturated rings. The maximum absolute atomic E-state index is 10.8. The highest BCUT2D eigenvalue weighted by molar-refractivity contribution is 5.74. The van der Waals surface area contributed by atoms with E-state index >= 15 is 0 Å². The molecule has 0 amide bonds. The van der Waals surface area contributed by atoms with Crippen molar-refractivity contribution in [3.63, 3.8) is 0 Å². The predicted molar refractivity (Wildman–Crippen MR) is 42.7 cm³/mol. The first-order valence-corrected chi connectivity index (χ1v) is 3.47. The molecule has 11 heavy (non-hydrogen) atoms. The predicted octanol–water partition coefficient (Wildman–Crippen LogP) is 1.52. The van der Waals surface area contributed by atoms with Crippen molar-refractivity contribution in [2.45, 2.75) is 26.2 Å². The van der Waals surface area contributed by atoms with E-state index in [1.165, 1.54) is 6.33 Å². The molecule has 0 aliphatic rings. The summed E-state index contributed by atoms with van der Waals surface area (Å²) in [6.07, 6.45) is 0.712. The molecule has 1 rings (SSSR count). The average molecular weight is 153 g/mol. The van der Waals surface area contributed by atoms with Crippen LogP contribution >= 0.6 is 0 Å². The van der Waals surface area contributed by atoms with E-state index in [-0.39, 0.29) is 11.1 Å². The van der Waals surface area contributed by atoms with Gasteiger partial charge in [-0.3, -0.25) is 4.79 Å². The number of H-pyrrole nitrogens is 1. The molecule has 0 aromatic carbocycles. The van der Waals surface area contributed by atoms with Crippen LogP contribution in [0.1, 0.15) is 38.3 Å². The molecule has 0 unspecified atom stereocenters. The van der Waals surface area contributed by atoms with E-state index in [2.05, 4.69) is 9.97 Å². The Balaban J connectivity index is 3.17. The third-order valence-electron chi connectivity index (χ3n) is 1.49. The van der Waals surface area contributed by atoms with E-state index in [1.54, 1.807) is 0 Å². The highest BCUT2D eigenvalue weighted by Crippen LogP contribution is 2.21.